The fourth-order valence-corrected chi connectivity index (χ4v) is 3.48. The Kier molecular flexibility index (Phi) is 7.73. The van der Waals surface area contributed by atoms with Gasteiger partial charge in [0.25, 0.3) is 0 Å². The van der Waals surface area contributed by atoms with E-state index in [1.807, 2.05) is 24.3 Å². The van der Waals surface area contributed by atoms with Crippen LogP contribution < -0.4 is 4.74 Å². The number of aromatic hydroxyl groups is 1. The van der Waals surface area contributed by atoms with Crippen molar-refractivity contribution in [1.82, 2.24) is 14.8 Å². The van der Waals surface area contributed by atoms with E-state index in [0.717, 1.165) is 17.9 Å². The summed E-state index contributed by atoms with van der Waals surface area (Å²) in [6, 6.07) is 12.0. The highest BCUT2D eigenvalue weighted by atomic mass is 32.1. The Bertz CT molecular complexity index is 1030. The molecular weight excluding hydrogens is 400 g/mol. The zero-order valence-corrected chi connectivity index (χ0v) is 17.8. The third kappa shape index (κ3) is 5.33. The van der Waals surface area contributed by atoms with Gasteiger partial charge in [0, 0.05) is 6.07 Å². The summed E-state index contributed by atoms with van der Waals surface area (Å²) < 4.78 is 7.95. The molecule has 0 saturated heterocycles. The molecule has 1 heterocycles. The summed E-state index contributed by atoms with van der Waals surface area (Å²) in [4.78, 5) is 10.7. The molecule has 0 radical (unpaired) electrons. The average molecular weight is 427 g/mol. The molecule has 0 fully saturated rings. The van der Waals surface area contributed by atoms with Gasteiger partial charge in [-0.2, -0.15) is 5.10 Å². The molecule has 8 heteroatoms. The van der Waals surface area contributed by atoms with E-state index in [0.29, 0.717) is 22.8 Å². The molecule has 0 atom stereocenters. The van der Waals surface area contributed by atoms with Gasteiger partial charge in [0.1, 0.15) is 17.2 Å². The third-order valence-electron chi connectivity index (χ3n) is 4.86. The molecule has 1 aromatic heterocycles. The molecule has 0 bridgehead atoms. The van der Waals surface area contributed by atoms with Crippen molar-refractivity contribution in [2.45, 2.75) is 45.4 Å². The fraction of sp³-hybridized carbons (Fsp3) is 0.364. The monoisotopic (exact) mass is 426 g/mol. The Hall–Kier alpha value is -3.00. The van der Waals surface area contributed by atoms with Gasteiger partial charge in [0.15, 0.2) is 10.6 Å². The van der Waals surface area contributed by atoms with Crippen LogP contribution in [0.2, 0.25) is 0 Å². The third-order valence-corrected chi connectivity index (χ3v) is 5.14. The summed E-state index contributed by atoms with van der Waals surface area (Å²) in [5, 5.41) is 20.1. The molecule has 3 rings (SSSR count). The van der Waals surface area contributed by atoms with Crippen molar-refractivity contribution in [1.29, 1.82) is 0 Å². The van der Waals surface area contributed by atoms with Crippen LogP contribution in [0.25, 0.3) is 17.1 Å². The smallest absolute Gasteiger partial charge is 0.200 e. The highest BCUT2D eigenvalue weighted by Crippen LogP contribution is 2.33. The number of benzene rings is 2. The number of rotatable bonds is 11. The van der Waals surface area contributed by atoms with Crippen molar-refractivity contribution in [3.63, 3.8) is 0 Å². The minimum Gasteiger partial charge on any atom is -0.507 e. The average Bonchev–Trinajstić information content (AvgIpc) is 3.14. The Labute approximate surface area is 180 Å². The van der Waals surface area contributed by atoms with Crippen LogP contribution in [0.4, 0.5) is 5.69 Å². The molecular formula is C22H26N4O3S. The van der Waals surface area contributed by atoms with E-state index in [9.17, 15) is 10.0 Å². The minimum absolute atomic E-state index is 0.0961. The lowest BCUT2D eigenvalue weighted by Gasteiger charge is -2.10. The van der Waals surface area contributed by atoms with E-state index in [2.05, 4.69) is 22.3 Å². The number of hydrogen-bond donors (Lipinski definition) is 2. The van der Waals surface area contributed by atoms with E-state index in [-0.39, 0.29) is 11.4 Å². The summed E-state index contributed by atoms with van der Waals surface area (Å²) >= 11 is 5.37. The molecule has 0 spiro atoms. The Balaban J connectivity index is 1.69. The molecule has 2 aromatic carbocycles. The largest absolute Gasteiger partial charge is 0.507 e. The van der Waals surface area contributed by atoms with Gasteiger partial charge >= 0.3 is 0 Å². The van der Waals surface area contributed by atoms with Crippen LogP contribution in [0.1, 0.15) is 45.4 Å². The van der Waals surface area contributed by atoms with Gasteiger partial charge in [-0.1, -0.05) is 39.0 Å². The zero-order chi connectivity index (χ0) is 21.3. The van der Waals surface area contributed by atoms with Gasteiger partial charge in [-0.25, -0.2) is 0 Å². The number of nitrogens with one attached hydrogen (secondary N) is 1. The Morgan fingerprint density at radius 3 is 2.53 bits per heavy atom. The van der Waals surface area contributed by atoms with Crippen molar-refractivity contribution >= 4 is 17.9 Å². The van der Waals surface area contributed by atoms with Gasteiger partial charge < -0.3 is 9.84 Å². The van der Waals surface area contributed by atoms with Gasteiger partial charge in [-0.3, -0.25) is 9.67 Å². The number of nitroso groups, excluding NO2 is 1. The molecule has 0 amide bonds. The summed E-state index contributed by atoms with van der Waals surface area (Å²) in [5.74, 6) is 1.14. The number of phenolic OH excluding ortho intramolecular Hbond substituents is 1. The summed E-state index contributed by atoms with van der Waals surface area (Å²) in [5.41, 5.74) is 1.37. The van der Waals surface area contributed by atoms with Crippen LogP contribution in [-0.2, 0) is 0 Å². The number of aromatic nitrogens is 3. The first-order chi connectivity index (χ1) is 14.6. The molecule has 0 aliphatic rings. The molecule has 30 heavy (non-hydrogen) atoms. The van der Waals surface area contributed by atoms with E-state index in [1.165, 1.54) is 44.2 Å². The van der Waals surface area contributed by atoms with Crippen LogP contribution in [0.3, 0.4) is 0 Å². The van der Waals surface area contributed by atoms with E-state index in [1.54, 1.807) is 10.6 Å². The van der Waals surface area contributed by atoms with Crippen LogP contribution >= 0.6 is 12.2 Å². The van der Waals surface area contributed by atoms with Crippen molar-refractivity contribution in [2.24, 2.45) is 5.18 Å². The van der Waals surface area contributed by atoms with Crippen molar-refractivity contribution in [3.05, 3.63) is 52.1 Å². The molecule has 0 aliphatic carbocycles. The van der Waals surface area contributed by atoms with Crippen LogP contribution in [0.15, 0.2) is 47.6 Å². The first-order valence-corrected chi connectivity index (χ1v) is 10.6. The fourth-order valence-electron chi connectivity index (χ4n) is 3.25. The van der Waals surface area contributed by atoms with E-state index >= 15 is 0 Å². The highest BCUT2D eigenvalue weighted by molar-refractivity contribution is 7.71. The van der Waals surface area contributed by atoms with E-state index in [4.69, 9.17) is 17.0 Å². The number of phenols is 1. The number of unbranched alkanes of at least 4 members (excludes halogenated alkanes) is 5. The van der Waals surface area contributed by atoms with Crippen LogP contribution in [-0.4, -0.2) is 26.5 Å². The second-order valence-electron chi connectivity index (χ2n) is 7.09. The maximum absolute atomic E-state index is 10.7. The first kappa shape index (κ1) is 21.7. The predicted octanol–water partition coefficient (Wildman–Crippen LogP) is 6.44. The van der Waals surface area contributed by atoms with Crippen molar-refractivity contribution in [3.8, 4) is 28.6 Å². The lowest BCUT2D eigenvalue weighted by atomic mass is 10.1. The van der Waals surface area contributed by atoms with E-state index < -0.39 is 0 Å². The lowest BCUT2D eigenvalue weighted by molar-refractivity contribution is 0.304. The SMILES string of the molecule is CCCCCCCCOc1ccc(-n2c(-c3ccc(N=O)cc3O)n[nH]c2=S)cc1. The highest BCUT2D eigenvalue weighted by Gasteiger charge is 2.15. The van der Waals surface area contributed by atoms with Crippen molar-refractivity contribution in [2.75, 3.05) is 6.61 Å². The quantitative estimate of drug-likeness (QED) is 0.209. The lowest BCUT2D eigenvalue weighted by Crippen LogP contribution is -2.00. The Morgan fingerprint density at radius 2 is 1.83 bits per heavy atom. The van der Waals surface area contributed by atoms with Crippen LogP contribution in [0.5, 0.6) is 11.5 Å². The maximum Gasteiger partial charge on any atom is 0.200 e. The molecule has 158 valence electrons. The van der Waals surface area contributed by atoms with Gasteiger partial charge in [-0.05, 0) is 60.2 Å². The van der Waals surface area contributed by atoms with Crippen molar-refractivity contribution < 1.29 is 9.84 Å². The number of H-pyrrole nitrogens is 1. The normalized spacial score (nSPS) is 10.8. The number of hydrogen-bond acceptors (Lipinski definition) is 6. The topological polar surface area (TPSA) is 92.5 Å². The number of ether oxygens (including phenoxy) is 1. The standard InChI is InChI=1S/C22H26N4O3S/c1-2-3-4-5-6-7-14-29-18-11-9-17(10-12-18)26-21(23-24-22(26)30)19-13-8-16(25-28)15-20(19)27/h8-13,15,27H,2-7,14H2,1H3,(H,24,30). The molecule has 7 nitrogen and oxygen atoms in total. The minimum atomic E-state index is -0.0961. The molecule has 0 aliphatic heterocycles. The first-order valence-electron chi connectivity index (χ1n) is 10.2. The predicted molar refractivity (Wildman–Crippen MR) is 120 cm³/mol. The second kappa shape index (κ2) is 10.7. The molecule has 2 N–H and O–H groups in total. The van der Waals surface area contributed by atoms with Gasteiger partial charge in [0.2, 0.25) is 0 Å². The van der Waals surface area contributed by atoms with Gasteiger partial charge in [0.05, 0.1) is 17.9 Å². The Morgan fingerprint density at radius 1 is 1.10 bits per heavy atom. The number of nitrogens with zero attached hydrogens (tertiary/aromatic N) is 3. The molecule has 0 saturated carbocycles. The summed E-state index contributed by atoms with van der Waals surface area (Å²) in [7, 11) is 0. The van der Waals surface area contributed by atoms with Gasteiger partial charge in [-0.15, -0.1) is 4.91 Å². The van der Waals surface area contributed by atoms with Crippen LogP contribution in [0, 0.1) is 9.68 Å². The maximum atomic E-state index is 10.7. The zero-order valence-electron chi connectivity index (χ0n) is 17.0. The summed E-state index contributed by atoms with van der Waals surface area (Å²) in [6.07, 6.45) is 7.35. The summed E-state index contributed by atoms with van der Waals surface area (Å²) in [6.45, 7) is 2.92. The second-order valence-corrected chi connectivity index (χ2v) is 7.48. The molecule has 3 aromatic rings. The molecule has 0 unspecified atom stereocenters. The number of aromatic amines is 1.